The lowest BCUT2D eigenvalue weighted by molar-refractivity contribution is -0.118. The lowest BCUT2D eigenvalue weighted by Gasteiger charge is -2.04. The van der Waals surface area contributed by atoms with Crippen molar-refractivity contribution in [1.29, 1.82) is 0 Å². The zero-order valence-electron chi connectivity index (χ0n) is 9.86. The quantitative estimate of drug-likeness (QED) is 0.834. The molecule has 0 spiro atoms. The molecule has 17 heavy (non-hydrogen) atoms. The first-order chi connectivity index (χ1) is 8.02. The number of aryl methyl sites for hydroxylation is 1. The fourth-order valence-electron chi connectivity index (χ4n) is 1.51. The Hall–Kier alpha value is -2.10. The van der Waals surface area contributed by atoms with Crippen LogP contribution in [0.25, 0.3) is 6.08 Å². The van der Waals surface area contributed by atoms with Gasteiger partial charge in [-0.05, 0) is 18.1 Å². The van der Waals surface area contributed by atoms with Gasteiger partial charge in [-0.3, -0.25) is 4.79 Å². The Kier molecular flexibility index (Phi) is 4.46. The molecule has 0 aliphatic rings. The molecule has 0 radical (unpaired) electrons. The van der Waals surface area contributed by atoms with Crippen molar-refractivity contribution in [3.8, 4) is 0 Å². The van der Waals surface area contributed by atoms with Crippen molar-refractivity contribution in [1.82, 2.24) is 5.32 Å². The summed E-state index contributed by atoms with van der Waals surface area (Å²) in [5.74, 6) is -1.06. The van der Waals surface area contributed by atoms with Crippen LogP contribution < -0.4 is 5.32 Å². The van der Waals surface area contributed by atoms with E-state index in [-0.39, 0.29) is 5.91 Å². The highest BCUT2D eigenvalue weighted by atomic mass is 16.4. The van der Waals surface area contributed by atoms with Gasteiger partial charge in [-0.1, -0.05) is 30.4 Å². The van der Waals surface area contributed by atoms with Gasteiger partial charge in [0.15, 0.2) is 0 Å². The Morgan fingerprint density at radius 2 is 2.12 bits per heavy atom. The predicted molar refractivity (Wildman–Crippen MR) is 65.9 cm³/mol. The molecule has 1 amide bonds. The molecule has 0 heterocycles. The number of hydrogen-bond acceptors (Lipinski definition) is 2. The summed E-state index contributed by atoms with van der Waals surface area (Å²) in [4.78, 5) is 21.7. The maximum Gasteiger partial charge on any atom is 0.336 e. The number of amides is 1. The first-order valence-corrected chi connectivity index (χ1v) is 5.26. The van der Waals surface area contributed by atoms with Crippen molar-refractivity contribution in [2.45, 2.75) is 13.8 Å². The summed E-state index contributed by atoms with van der Waals surface area (Å²) in [5.41, 5.74) is 1.66. The third kappa shape index (κ3) is 3.75. The molecule has 0 unspecified atom stereocenters. The van der Waals surface area contributed by atoms with Gasteiger partial charge in [-0.2, -0.15) is 0 Å². The summed E-state index contributed by atoms with van der Waals surface area (Å²) >= 11 is 0. The number of hydrogen-bond donors (Lipinski definition) is 2. The van der Waals surface area contributed by atoms with Gasteiger partial charge in [-0.15, -0.1) is 0 Å². The number of carbonyl (C=O) groups excluding carboxylic acids is 1. The number of carboxylic acids is 1. The fraction of sp³-hybridized carbons (Fsp3) is 0.231. The second kappa shape index (κ2) is 5.84. The summed E-state index contributed by atoms with van der Waals surface area (Å²) in [6.45, 7) is 3.58. The fourth-order valence-corrected chi connectivity index (χ4v) is 1.51. The van der Waals surface area contributed by atoms with Crippen molar-refractivity contribution in [3.63, 3.8) is 0 Å². The molecule has 1 aromatic carbocycles. The van der Waals surface area contributed by atoms with Crippen LogP contribution >= 0.6 is 0 Å². The molecule has 1 aromatic rings. The van der Waals surface area contributed by atoms with Gasteiger partial charge >= 0.3 is 5.97 Å². The highest BCUT2D eigenvalue weighted by Crippen LogP contribution is 2.15. The SMILES string of the molecule is CC(=O)NCC=Cc1cccc(C)c1C(=O)O. The van der Waals surface area contributed by atoms with Gasteiger partial charge < -0.3 is 10.4 Å². The summed E-state index contributed by atoms with van der Waals surface area (Å²) < 4.78 is 0. The highest BCUT2D eigenvalue weighted by molar-refractivity contribution is 5.93. The van der Waals surface area contributed by atoms with Gasteiger partial charge in [-0.25, -0.2) is 4.79 Å². The van der Waals surface area contributed by atoms with E-state index in [1.165, 1.54) is 6.92 Å². The summed E-state index contributed by atoms with van der Waals surface area (Å²) in [7, 11) is 0. The molecule has 2 N–H and O–H groups in total. The smallest absolute Gasteiger partial charge is 0.336 e. The Labute approximate surface area is 100.0 Å². The van der Waals surface area contributed by atoms with Gasteiger partial charge in [0.25, 0.3) is 0 Å². The second-order valence-corrected chi connectivity index (χ2v) is 3.68. The molecule has 0 saturated heterocycles. The van der Waals surface area contributed by atoms with Crippen LogP contribution in [0.4, 0.5) is 0 Å². The third-order valence-electron chi connectivity index (χ3n) is 2.29. The van der Waals surface area contributed by atoms with Crippen molar-refractivity contribution in [2.75, 3.05) is 6.54 Å². The van der Waals surface area contributed by atoms with E-state index >= 15 is 0 Å². The molecule has 0 fully saturated rings. The number of rotatable bonds is 4. The zero-order chi connectivity index (χ0) is 12.8. The van der Waals surface area contributed by atoms with E-state index in [4.69, 9.17) is 5.11 Å². The van der Waals surface area contributed by atoms with E-state index in [1.807, 2.05) is 0 Å². The van der Waals surface area contributed by atoms with Crippen molar-refractivity contribution in [2.24, 2.45) is 0 Å². The van der Waals surface area contributed by atoms with Crippen LogP contribution in [-0.2, 0) is 4.79 Å². The number of carbonyl (C=O) groups is 2. The second-order valence-electron chi connectivity index (χ2n) is 3.68. The van der Waals surface area contributed by atoms with Gasteiger partial charge in [0, 0.05) is 13.5 Å². The van der Waals surface area contributed by atoms with Crippen LogP contribution in [0, 0.1) is 6.92 Å². The van der Waals surface area contributed by atoms with Crippen LogP contribution in [0.3, 0.4) is 0 Å². The highest BCUT2D eigenvalue weighted by Gasteiger charge is 2.10. The lowest BCUT2D eigenvalue weighted by Crippen LogP contribution is -2.19. The normalized spacial score (nSPS) is 10.5. The number of aromatic carboxylic acids is 1. The summed E-state index contributed by atoms with van der Waals surface area (Å²) in [5, 5.41) is 11.7. The summed E-state index contributed by atoms with van der Waals surface area (Å²) in [6, 6.07) is 5.30. The minimum absolute atomic E-state index is 0.114. The number of benzene rings is 1. The first kappa shape index (κ1) is 13.0. The minimum atomic E-state index is -0.942. The van der Waals surface area contributed by atoms with Gasteiger partial charge in [0.2, 0.25) is 5.91 Å². The molecule has 90 valence electrons. The Balaban J connectivity index is 2.87. The molecule has 1 rings (SSSR count). The average molecular weight is 233 g/mol. The Bertz CT molecular complexity index is 464. The van der Waals surface area contributed by atoms with E-state index < -0.39 is 5.97 Å². The van der Waals surface area contributed by atoms with E-state index in [1.54, 1.807) is 37.3 Å². The molecule has 4 heteroatoms. The topological polar surface area (TPSA) is 66.4 Å². The van der Waals surface area contributed by atoms with Crippen LogP contribution in [-0.4, -0.2) is 23.5 Å². The van der Waals surface area contributed by atoms with Crippen molar-refractivity contribution < 1.29 is 14.7 Å². The van der Waals surface area contributed by atoms with Crippen molar-refractivity contribution >= 4 is 18.0 Å². The van der Waals surface area contributed by atoms with Crippen LogP contribution in [0.5, 0.6) is 0 Å². The van der Waals surface area contributed by atoms with E-state index in [2.05, 4.69) is 5.32 Å². The third-order valence-corrected chi connectivity index (χ3v) is 2.29. The summed E-state index contributed by atoms with van der Waals surface area (Å²) in [6.07, 6.45) is 3.43. The number of nitrogens with one attached hydrogen (secondary N) is 1. The van der Waals surface area contributed by atoms with Crippen LogP contribution in [0.15, 0.2) is 24.3 Å². The van der Waals surface area contributed by atoms with Crippen LogP contribution in [0.2, 0.25) is 0 Å². The van der Waals surface area contributed by atoms with E-state index in [0.717, 1.165) is 5.56 Å². The molecule has 0 aliphatic carbocycles. The largest absolute Gasteiger partial charge is 0.478 e. The first-order valence-electron chi connectivity index (χ1n) is 5.26. The Morgan fingerprint density at radius 1 is 1.41 bits per heavy atom. The molecule has 0 aliphatic heterocycles. The molecule has 4 nitrogen and oxygen atoms in total. The lowest BCUT2D eigenvalue weighted by atomic mass is 10.0. The molecule has 0 aromatic heterocycles. The van der Waals surface area contributed by atoms with E-state index in [9.17, 15) is 9.59 Å². The van der Waals surface area contributed by atoms with Crippen molar-refractivity contribution in [3.05, 3.63) is 41.0 Å². The molecule has 0 saturated carbocycles. The molecular weight excluding hydrogens is 218 g/mol. The molecular formula is C13H15NO3. The Morgan fingerprint density at radius 3 is 2.71 bits per heavy atom. The average Bonchev–Trinajstić information content (AvgIpc) is 2.23. The van der Waals surface area contributed by atoms with Gasteiger partial charge in [0.05, 0.1) is 5.56 Å². The maximum atomic E-state index is 11.1. The molecule has 0 bridgehead atoms. The minimum Gasteiger partial charge on any atom is -0.478 e. The predicted octanol–water partition coefficient (Wildman–Crippen LogP) is 1.84. The monoisotopic (exact) mass is 233 g/mol. The zero-order valence-corrected chi connectivity index (χ0v) is 9.86. The van der Waals surface area contributed by atoms with Crippen LogP contribution in [0.1, 0.15) is 28.4 Å². The number of carboxylic acid groups (broad SMARTS) is 1. The van der Waals surface area contributed by atoms with Gasteiger partial charge in [0.1, 0.15) is 0 Å². The molecule has 0 atom stereocenters. The maximum absolute atomic E-state index is 11.1. The van der Waals surface area contributed by atoms with E-state index in [0.29, 0.717) is 17.7 Å². The standard InChI is InChI=1S/C13H15NO3/c1-9-5-3-6-11(12(9)13(16)17)7-4-8-14-10(2)15/h3-7H,8H2,1-2H3,(H,14,15)(H,16,17).